The summed E-state index contributed by atoms with van der Waals surface area (Å²) in [5.74, 6) is -0.853. The van der Waals surface area contributed by atoms with Crippen LogP contribution < -0.4 is 0 Å². The Kier molecular flexibility index (Phi) is 12.0. The molecule has 4 unspecified atom stereocenters. The van der Waals surface area contributed by atoms with Crippen molar-refractivity contribution in [1.82, 2.24) is 0 Å². The van der Waals surface area contributed by atoms with Crippen molar-refractivity contribution in [1.29, 1.82) is 0 Å². The Morgan fingerprint density at radius 2 is 0.947 bits per heavy atom. The first-order valence-electron chi connectivity index (χ1n) is 15.5. The van der Waals surface area contributed by atoms with Gasteiger partial charge in [0.1, 0.15) is 0 Å². The van der Waals surface area contributed by atoms with Gasteiger partial charge in [0, 0.05) is 19.2 Å². The lowest BCUT2D eigenvalue weighted by Crippen LogP contribution is -2.17. The number of carboxylic acids is 2. The standard InChI is InChI=1S/C32H48O4S2/c33-31(34)24-15-11-7-3-1-2-6-10-14-23(18-19-24)27-21-29-30(37-27)22-28(38-29)25-16-12-8-4-5-9-13-17-26(20-25)32(35)36/h21-26H,1-20H2,(H,33,34)(H,35,36). The zero-order valence-electron chi connectivity index (χ0n) is 23.1. The van der Waals surface area contributed by atoms with Crippen LogP contribution in [0.1, 0.15) is 150 Å². The molecule has 2 heterocycles. The van der Waals surface area contributed by atoms with Crippen LogP contribution >= 0.6 is 22.7 Å². The van der Waals surface area contributed by atoms with Gasteiger partial charge in [0.2, 0.25) is 0 Å². The Morgan fingerprint density at radius 3 is 1.47 bits per heavy atom. The van der Waals surface area contributed by atoms with E-state index in [2.05, 4.69) is 12.1 Å². The van der Waals surface area contributed by atoms with Crippen molar-refractivity contribution in [3.8, 4) is 0 Å². The van der Waals surface area contributed by atoms with E-state index in [0.29, 0.717) is 11.8 Å². The van der Waals surface area contributed by atoms with E-state index in [0.717, 1.165) is 57.8 Å². The third-order valence-corrected chi connectivity index (χ3v) is 11.8. The van der Waals surface area contributed by atoms with E-state index in [-0.39, 0.29) is 11.8 Å². The van der Waals surface area contributed by atoms with E-state index in [1.54, 1.807) is 0 Å². The van der Waals surface area contributed by atoms with Gasteiger partial charge in [0.25, 0.3) is 0 Å². The minimum atomic E-state index is -0.618. The second-order valence-corrected chi connectivity index (χ2v) is 14.3. The summed E-state index contributed by atoms with van der Waals surface area (Å²) >= 11 is 3.80. The number of carboxylic acid groups (broad SMARTS) is 2. The quantitative estimate of drug-likeness (QED) is 0.390. The largest absolute Gasteiger partial charge is 0.481 e. The summed E-state index contributed by atoms with van der Waals surface area (Å²) in [4.78, 5) is 26.7. The van der Waals surface area contributed by atoms with Gasteiger partial charge in [-0.05, 0) is 68.9 Å². The summed E-state index contributed by atoms with van der Waals surface area (Å²) in [5.41, 5.74) is 0. The molecule has 0 amide bonds. The van der Waals surface area contributed by atoms with E-state index in [4.69, 9.17) is 0 Å². The normalized spacial score (nSPS) is 27.9. The molecule has 2 aromatic rings. The highest BCUT2D eigenvalue weighted by molar-refractivity contribution is 7.27. The minimum Gasteiger partial charge on any atom is -0.481 e. The Labute approximate surface area is 237 Å². The fourth-order valence-electron chi connectivity index (χ4n) is 6.71. The van der Waals surface area contributed by atoms with Crippen LogP contribution in [-0.2, 0) is 9.59 Å². The first kappa shape index (κ1) is 29.6. The fraction of sp³-hybridized carbons (Fsp3) is 0.750. The molecule has 0 bridgehead atoms. The lowest BCUT2D eigenvalue weighted by molar-refractivity contribution is -0.143. The summed E-state index contributed by atoms with van der Waals surface area (Å²) in [6.07, 6.45) is 22.2. The van der Waals surface area contributed by atoms with E-state index >= 15 is 0 Å². The molecule has 2 aliphatic rings. The number of thiophene rings is 2. The maximum Gasteiger partial charge on any atom is 0.306 e. The number of hydrogen-bond donors (Lipinski definition) is 2. The molecule has 2 aromatic heterocycles. The monoisotopic (exact) mass is 560 g/mol. The van der Waals surface area contributed by atoms with Crippen LogP contribution in [0.5, 0.6) is 0 Å². The zero-order chi connectivity index (χ0) is 26.7. The smallest absolute Gasteiger partial charge is 0.306 e. The molecule has 0 aliphatic heterocycles. The van der Waals surface area contributed by atoms with Gasteiger partial charge in [-0.15, -0.1) is 22.7 Å². The second kappa shape index (κ2) is 15.4. The van der Waals surface area contributed by atoms with Crippen molar-refractivity contribution in [3.05, 3.63) is 21.9 Å². The molecule has 2 saturated carbocycles. The highest BCUT2D eigenvalue weighted by Gasteiger charge is 2.26. The molecule has 2 N–H and O–H groups in total. The first-order chi connectivity index (χ1) is 18.5. The lowest BCUT2D eigenvalue weighted by Gasteiger charge is -2.20. The molecular formula is C32H48O4S2. The Morgan fingerprint density at radius 1 is 0.526 bits per heavy atom. The van der Waals surface area contributed by atoms with Crippen molar-refractivity contribution in [2.45, 2.75) is 140 Å². The average Bonchev–Trinajstić information content (AvgIpc) is 3.45. The molecule has 2 fully saturated rings. The van der Waals surface area contributed by atoms with Gasteiger partial charge >= 0.3 is 11.9 Å². The van der Waals surface area contributed by atoms with Gasteiger partial charge in [-0.25, -0.2) is 0 Å². The Balaban J connectivity index is 1.49. The highest BCUT2D eigenvalue weighted by Crippen LogP contribution is 2.44. The van der Waals surface area contributed by atoms with Crippen LogP contribution in [0.3, 0.4) is 0 Å². The molecule has 2 aliphatic carbocycles. The minimum absolute atomic E-state index is 0.204. The molecular weight excluding hydrogens is 512 g/mol. The SMILES string of the molecule is O=C(O)C1CCCCCCCCCC(c2cc3sc(C4CCCCCCCCC(C(=O)O)C4)cc3s2)CC1. The zero-order valence-corrected chi connectivity index (χ0v) is 24.8. The molecule has 0 spiro atoms. The second-order valence-electron chi connectivity index (χ2n) is 12.1. The highest BCUT2D eigenvalue weighted by atomic mass is 32.1. The van der Waals surface area contributed by atoms with Crippen LogP contribution in [0.25, 0.3) is 9.40 Å². The van der Waals surface area contributed by atoms with Gasteiger partial charge in [0.15, 0.2) is 0 Å². The fourth-order valence-corrected chi connectivity index (χ4v) is 9.45. The maximum absolute atomic E-state index is 12.0. The van der Waals surface area contributed by atoms with Gasteiger partial charge in [-0.2, -0.15) is 0 Å². The molecule has 4 rings (SSSR count). The molecule has 212 valence electrons. The van der Waals surface area contributed by atoms with E-state index < -0.39 is 11.9 Å². The molecule has 6 heteroatoms. The molecule has 4 atom stereocenters. The van der Waals surface area contributed by atoms with Crippen LogP contribution in [0.15, 0.2) is 12.1 Å². The third kappa shape index (κ3) is 8.81. The third-order valence-electron chi connectivity index (χ3n) is 9.14. The first-order valence-corrected chi connectivity index (χ1v) is 17.1. The number of carbonyl (C=O) groups is 2. The predicted octanol–water partition coefficient (Wildman–Crippen LogP) is 10.4. The average molecular weight is 561 g/mol. The van der Waals surface area contributed by atoms with E-state index in [1.165, 1.54) is 89.8 Å². The Hall–Kier alpha value is -1.40. The van der Waals surface area contributed by atoms with Crippen LogP contribution in [-0.4, -0.2) is 22.2 Å². The van der Waals surface area contributed by atoms with Gasteiger partial charge < -0.3 is 10.2 Å². The van der Waals surface area contributed by atoms with Crippen molar-refractivity contribution in [2.75, 3.05) is 0 Å². The van der Waals surface area contributed by atoms with Crippen LogP contribution in [0.2, 0.25) is 0 Å². The summed E-state index contributed by atoms with van der Waals surface area (Å²) < 4.78 is 2.69. The molecule has 4 nitrogen and oxygen atoms in total. The van der Waals surface area contributed by atoms with E-state index in [9.17, 15) is 19.8 Å². The van der Waals surface area contributed by atoms with Crippen molar-refractivity contribution in [3.63, 3.8) is 0 Å². The van der Waals surface area contributed by atoms with Crippen LogP contribution in [0.4, 0.5) is 0 Å². The summed E-state index contributed by atoms with van der Waals surface area (Å²) in [6.45, 7) is 0. The van der Waals surface area contributed by atoms with Gasteiger partial charge in [-0.3, -0.25) is 9.59 Å². The molecule has 0 saturated heterocycles. The topological polar surface area (TPSA) is 74.6 Å². The Bertz CT molecular complexity index is 977. The summed E-state index contributed by atoms with van der Waals surface area (Å²) in [6, 6.07) is 4.77. The van der Waals surface area contributed by atoms with Crippen LogP contribution in [0, 0.1) is 11.8 Å². The number of aliphatic carboxylic acids is 2. The van der Waals surface area contributed by atoms with Crippen molar-refractivity contribution < 1.29 is 19.8 Å². The van der Waals surface area contributed by atoms with Gasteiger partial charge in [-0.1, -0.05) is 83.5 Å². The van der Waals surface area contributed by atoms with Crippen molar-refractivity contribution in [2.24, 2.45) is 11.8 Å². The number of fused-ring (bicyclic) bond motifs is 1. The summed E-state index contributed by atoms with van der Waals surface area (Å²) in [7, 11) is 0. The maximum atomic E-state index is 12.0. The predicted molar refractivity (Wildman–Crippen MR) is 160 cm³/mol. The van der Waals surface area contributed by atoms with E-state index in [1.807, 2.05) is 22.7 Å². The van der Waals surface area contributed by atoms with Crippen molar-refractivity contribution >= 4 is 44.0 Å². The number of rotatable bonds is 4. The summed E-state index contributed by atoms with van der Waals surface area (Å²) in [5, 5.41) is 19.7. The number of hydrogen-bond acceptors (Lipinski definition) is 4. The lowest BCUT2D eigenvalue weighted by atomic mass is 9.87. The molecule has 0 radical (unpaired) electrons. The van der Waals surface area contributed by atoms with Gasteiger partial charge in [0.05, 0.1) is 11.8 Å². The molecule has 38 heavy (non-hydrogen) atoms. The molecule has 0 aromatic carbocycles.